The molecule has 1 fully saturated rings. The SMILES string of the molecule is CC(C)NC[C@H]1CC[C@H](c2ncn3cnc4[nH]ccc4c23)CC1. The highest BCUT2D eigenvalue weighted by Gasteiger charge is 2.26. The Kier molecular flexibility index (Phi) is 3.81. The normalized spacial score (nSPS) is 22.4. The predicted octanol–water partition coefficient (Wildman–Crippen LogP) is 3.48. The van der Waals surface area contributed by atoms with Crippen LogP contribution in [0.5, 0.6) is 0 Å². The lowest BCUT2D eigenvalue weighted by molar-refractivity contribution is 0.306. The van der Waals surface area contributed by atoms with E-state index in [4.69, 9.17) is 4.98 Å². The van der Waals surface area contributed by atoms with Crippen molar-refractivity contribution in [1.82, 2.24) is 24.7 Å². The summed E-state index contributed by atoms with van der Waals surface area (Å²) in [6.45, 7) is 5.60. The molecule has 122 valence electrons. The summed E-state index contributed by atoms with van der Waals surface area (Å²) in [7, 11) is 0. The summed E-state index contributed by atoms with van der Waals surface area (Å²) >= 11 is 0. The maximum atomic E-state index is 4.74. The molecule has 3 heterocycles. The fourth-order valence-corrected chi connectivity index (χ4v) is 3.86. The molecule has 0 bridgehead atoms. The molecule has 0 aliphatic heterocycles. The summed E-state index contributed by atoms with van der Waals surface area (Å²) in [6, 6.07) is 2.69. The number of fused-ring (bicyclic) bond motifs is 3. The summed E-state index contributed by atoms with van der Waals surface area (Å²) in [5.41, 5.74) is 3.45. The molecular weight excluding hydrogens is 286 g/mol. The van der Waals surface area contributed by atoms with Crippen molar-refractivity contribution in [2.24, 2.45) is 5.92 Å². The largest absolute Gasteiger partial charge is 0.346 e. The first kappa shape index (κ1) is 14.7. The van der Waals surface area contributed by atoms with Gasteiger partial charge in [-0.25, -0.2) is 9.97 Å². The van der Waals surface area contributed by atoms with E-state index in [9.17, 15) is 0 Å². The Balaban J connectivity index is 1.55. The van der Waals surface area contributed by atoms with Crippen molar-refractivity contribution in [3.63, 3.8) is 0 Å². The Labute approximate surface area is 136 Å². The van der Waals surface area contributed by atoms with Crippen LogP contribution < -0.4 is 5.32 Å². The van der Waals surface area contributed by atoms with Crippen molar-refractivity contribution < 1.29 is 0 Å². The number of aromatic nitrogens is 4. The lowest BCUT2D eigenvalue weighted by atomic mass is 9.80. The van der Waals surface area contributed by atoms with Gasteiger partial charge in [0, 0.05) is 23.5 Å². The molecule has 0 amide bonds. The molecule has 5 nitrogen and oxygen atoms in total. The van der Waals surface area contributed by atoms with E-state index in [1.165, 1.54) is 42.3 Å². The van der Waals surface area contributed by atoms with Crippen LogP contribution in [0.15, 0.2) is 24.9 Å². The highest BCUT2D eigenvalue weighted by molar-refractivity contribution is 5.93. The first-order valence-corrected chi connectivity index (χ1v) is 8.74. The zero-order chi connectivity index (χ0) is 15.8. The van der Waals surface area contributed by atoms with E-state index >= 15 is 0 Å². The topological polar surface area (TPSA) is 58.0 Å². The second-order valence-corrected chi connectivity index (χ2v) is 7.15. The van der Waals surface area contributed by atoms with Gasteiger partial charge in [-0.15, -0.1) is 0 Å². The van der Waals surface area contributed by atoms with Crippen LogP contribution in [0.25, 0.3) is 16.6 Å². The highest BCUT2D eigenvalue weighted by Crippen LogP contribution is 2.37. The third-order valence-corrected chi connectivity index (χ3v) is 5.16. The van der Waals surface area contributed by atoms with Crippen molar-refractivity contribution >= 4 is 16.6 Å². The van der Waals surface area contributed by atoms with E-state index in [1.54, 1.807) is 0 Å². The minimum atomic E-state index is 0.579. The molecular formula is C18H25N5. The van der Waals surface area contributed by atoms with Gasteiger partial charge in [-0.05, 0) is 44.2 Å². The number of nitrogens with one attached hydrogen (secondary N) is 2. The van der Waals surface area contributed by atoms with Crippen molar-refractivity contribution in [2.45, 2.75) is 51.5 Å². The average Bonchev–Trinajstić information content (AvgIpc) is 3.19. The molecule has 2 N–H and O–H groups in total. The smallest absolute Gasteiger partial charge is 0.141 e. The van der Waals surface area contributed by atoms with Crippen LogP contribution >= 0.6 is 0 Å². The second kappa shape index (κ2) is 5.96. The monoisotopic (exact) mass is 311 g/mol. The molecule has 0 unspecified atom stereocenters. The van der Waals surface area contributed by atoms with Gasteiger partial charge in [-0.3, -0.25) is 4.40 Å². The van der Waals surface area contributed by atoms with Crippen LogP contribution in [0.1, 0.15) is 51.1 Å². The van der Waals surface area contributed by atoms with Gasteiger partial charge >= 0.3 is 0 Å². The molecule has 0 radical (unpaired) electrons. The first-order valence-electron chi connectivity index (χ1n) is 8.74. The number of hydrogen-bond acceptors (Lipinski definition) is 3. The van der Waals surface area contributed by atoms with Gasteiger partial charge in [0.05, 0.1) is 11.2 Å². The molecule has 0 aromatic carbocycles. The second-order valence-electron chi connectivity index (χ2n) is 7.15. The third-order valence-electron chi connectivity index (χ3n) is 5.16. The maximum Gasteiger partial charge on any atom is 0.141 e. The molecule has 23 heavy (non-hydrogen) atoms. The minimum absolute atomic E-state index is 0.579. The van der Waals surface area contributed by atoms with Gasteiger partial charge in [0.25, 0.3) is 0 Å². The van der Waals surface area contributed by atoms with Crippen molar-refractivity contribution in [3.8, 4) is 0 Å². The summed E-state index contributed by atoms with van der Waals surface area (Å²) in [4.78, 5) is 12.4. The van der Waals surface area contributed by atoms with E-state index < -0.39 is 0 Å². The Hall–Kier alpha value is -1.88. The molecule has 0 spiro atoms. The Morgan fingerprint density at radius 2 is 2.00 bits per heavy atom. The van der Waals surface area contributed by atoms with Crippen LogP contribution in [0, 0.1) is 5.92 Å². The molecule has 1 aliphatic carbocycles. The lowest BCUT2D eigenvalue weighted by Crippen LogP contribution is -2.30. The summed E-state index contributed by atoms with van der Waals surface area (Å²) in [5.74, 6) is 1.40. The number of imidazole rings is 1. The van der Waals surface area contributed by atoms with Gasteiger partial charge in [0.1, 0.15) is 18.3 Å². The molecule has 3 aromatic rings. The molecule has 4 rings (SSSR count). The van der Waals surface area contributed by atoms with Gasteiger partial charge in [0.15, 0.2) is 0 Å². The molecule has 0 saturated heterocycles. The van der Waals surface area contributed by atoms with Gasteiger partial charge in [-0.2, -0.15) is 0 Å². The zero-order valence-corrected chi connectivity index (χ0v) is 13.9. The minimum Gasteiger partial charge on any atom is -0.346 e. The first-order chi connectivity index (χ1) is 11.2. The number of aromatic amines is 1. The molecule has 1 aliphatic rings. The number of H-pyrrole nitrogens is 1. The quantitative estimate of drug-likeness (QED) is 0.775. The number of hydrogen-bond donors (Lipinski definition) is 2. The standard InChI is InChI=1S/C18H25N5/c1-12(2)20-9-13-3-5-14(6-4-13)16-17-15-7-8-19-18(15)22-11-23(17)10-21-16/h7-8,10-14,19-20H,3-6,9H2,1-2H3/t13-,14-. The number of nitrogens with zero attached hydrogens (tertiary/aromatic N) is 3. The van der Waals surface area contributed by atoms with E-state index in [-0.39, 0.29) is 0 Å². The molecule has 3 aromatic heterocycles. The van der Waals surface area contributed by atoms with Gasteiger partial charge < -0.3 is 10.3 Å². The van der Waals surface area contributed by atoms with E-state index in [1.807, 2.05) is 18.9 Å². The molecule has 5 heteroatoms. The Morgan fingerprint density at radius 3 is 2.78 bits per heavy atom. The van der Waals surface area contributed by atoms with Crippen LogP contribution in [0.2, 0.25) is 0 Å². The Morgan fingerprint density at radius 1 is 1.22 bits per heavy atom. The fraction of sp³-hybridized carbons (Fsp3) is 0.556. The number of rotatable bonds is 4. The lowest BCUT2D eigenvalue weighted by Gasteiger charge is -2.28. The van der Waals surface area contributed by atoms with Crippen molar-refractivity contribution in [3.05, 3.63) is 30.6 Å². The molecule has 1 saturated carbocycles. The summed E-state index contributed by atoms with van der Waals surface area (Å²) in [6.07, 6.45) is 10.8. The van der Waals surface area contributed by atoms with Gasteiger partial charge in [-0.1, -0.05) is 13.8 Å². The predicted molar refractivity (Wildman–Crippen MR) is 92.7 cm³/mol. The van der Waals surface area contributed by atoms with Crippen molar-refractivity contribution in [2.75, 3.05) is 6.54 Å². The van der Waals surface area contributed by atoms with Gasteiger partial charge in [0.2, 0.25) is 0 Å². The maximum absolute atomic E-state index is 4.74. The van der Waals surface area contributed by atoms with Crippen LogP contribution in [-0.2, 0) is 0 Å². The van der Waals surface area contributed by atoms with Crippen LogP contribution in [0.4, 0.5) is 0 Å². The van der Waals surface area contributed by atoms with E-state index in [2.05, 4.69) is 39.6 Å². The third kappa shape index (κ3) is 2.74. The van der Waals surface area contributed by atoms with Crippen molar-refractivity contribution in [1.29, 1.82) is 0 Å². The van der Waals surface area contributed by atoms with E-state index in [0.29, 0.717) is 12.0 Å². The average molecular weight is 311 g/mol. The summed E-state index contributed by atoms with van der Waals surface area (Å²) < 4.78 is 2.07. The molecule has 0 atom stereocenters. The van der Waals surface area contributed by atoms with E-state index in [0.717, 1.165) is 18.1 Å². The Bertz CT molecular complexity index is 792. The van der Waals surface area contributed by atoms with Crippen LogP contribution in [0.3, 0.4) is 0 Å². The zero-order valence-electron chi connectivity index (χ0n) is 13.9. The van der Waals surface area contributed by atoms with Crippen LogP contribution in [-0.4, -0.2) is 31.9 Å². The summed E-state index contributed by atoms with van der Waals surface area (Å²) in [5, 5.41) is 4.77. The fourth-order valence-electron chi connectivity index (χ4n) is 3.86. The highest BCUT2D eigenvalue weighted by atomic mass is 15.0.